The van der Waals surface area contributed by atoms with Crippen LogP contribution in [-0.2, 0) is 19.1 Å². The lowest BCUT2D eigenvalue weighted by atomic mass is 9.72. The fourth-order valence-electron chi connectivity index (χ4n) is 6.53. The molecule has 1 aliphatic carbocycles. The number of aromatic amines is 1. The number of amides is 3. The van der Waals surface area contributed by atoms with Crippen molar-refractivity contribution in [3.8, 4) is 0 Å². The second-order valence-electron chi connectivity index (χ2n) is 11.1. The van der Waals surface area contributed by atoms with E-state index < -0.39 is 18.1 Å². The number of carbonyl (C=O) groups is 4. The third-order valence-electron chi connectivity index (χ3n) is 8.54. The highest BCUT2D eigenvalue weighted by Gasteiger charge is 2.49. The number of ether oxygens (including phenoxy) is 1. The summed E-state index contributed by atoms with van der Waals surface area (Å²) < 4.78 is 4.97. The molecular formula is C28H35ClN4O5. The molecule has 0 bridgehead atoms. The number of piperidine rings is 1. The first kappa shape index (κ1) is 26.5. The van der Waals surface area contributed by atoms with Crippen molar-refractivity contribution in [3.63, 3.8) is 0 Å². The number of aromatic nitrogens is 1. The first-order valence-corrected chi connectivity index (χ1v) is 13.9. The Balaban J connectivity index is 1.40. The van der Waals surface area contributed by atoms with Gasteiger partial charge in [-0.2, -0.15) is 0 Å². The number of hydrogen-bond donors (Lipinski definition) is 3. The highest BCUT2D eigenvalue weighted by molar-refractivity contribution is 6.35. The molecule has 2 aliphatic heterocycles. The summed E-state index contributed by atoms with van der Waals surface area (Å²) in [4.78, 5) is 57.4. The van der Waals surface area contributed by atoms with Crippen LogP contribution in [0.4, 0.5) is 0 Å². The lowest BCUT2D eigenvalue weighted by Gasteiger charge is -2.32. The number of methoxy groups -OCH3 is 1. The van der Waals surface area contributed by atoms with Crippen molar-refractivity contribution in [2.45, 2.75) is 69.9 Å². The van der Waals surface area contributed by atoms with Crippen molar-refractivity contribution in [1.29, 1.82) is 0 Å². The lowest BCUT2D eigenvalue weighted by Crippen LogP contribution is -2.52. The van der Waals surface area contributed by atoms with Gasteiger partial charge in [0.05, 0.1) is 17.6 Å². The average molecular weight is 543 g/mol. The monoisotopic (exact) mass is 542 g/mol. The third-order valence-corrected chi connectivity index (χ3v) is 8.86. The number of rotatable bonds is 6. The number of benzene rings is 1. The lowest BCUT2D eigenvalue weighted by molar-refractivity contribution is -0.146. The Morgan fingerprint density at radius 1 is 1.21 bits per heavy atom. The van der Waals surface area contributed by atoms with Gasteiger partial charge in [0, 0.05) is 24.4 Å². The molecule has 5 rings (SSSR count). The quantitative estimate of drug-likeness (QED) is 0.482. The first-order valence-electron chi connectivity index (χ1n) is 13.5. The summed E-state index contributed by atoms with van der Waals surface area (Å²) in [5.41, 5.74) is 0.938. The van der Waals surface area contributed by atoms with E-state index in [-0.39, 0.29) is 35.5 Å². The highest BCUT2D eigenvalue weighted by Crippen LogP contribution is 2.47. The predicted molar refractivity (Wildman–Crippen MR) is 143 cm³/mol. The molecule has 0 radical (unpaired) electrons. The Bertz CT molecular complexity index is 1240. The minimum absolute atomic E-state index is 0.115. The van der Waals surface area contributed by atoms with E-state index in [9.17, 15) is 19.2 Å². The van der Waals surface area contributed by atoms with E-state index in [0.717, 1.165) is 43.9 Å². The topological polar surface area (TPSA) is 121 Å². The summed E-state index contributed by atoms with van der Waals surface area (Å²) in [5, 5.41) is 7.03. The molecule has 3 atom stereocenters. The number of likely N-dealkylation sites (tertiary alicyclic amines) is 1. The van der Waals surface area contributed by atoms with Crippen molar-refractivity contribution in [3.05, 3.63) is 35.0 Å². The zero-order valence-corrected chi connectivity index (χ0v) is 22.4. The van der Waals surface area contributed by atoms with Gasteiger partial charge < -0.3 is 25.3 Å². The van der Waals surface area contributed by atoms with E-state index in [2.05, 4.69) is 15.6 Å². The van der Waals surface area contributed by atoms with E-state index in [1.807, 2.05) is 12.1 Å². The van der Waals surface area contributed by atoms with Crippen LogP contribution in [0.5, 0.6) is 0 Å². The van der Waals surface area contributed by atoms with Crippen LogP contribution in [0.2, 0.25) is 5.02 Å². The summed E-state index contributed by atoms with van der Waals surface area (Å²) in [5.74, 6) is -1.74. The highest BCUT2D eigenvalue weighted by atomic mass is 35.5. The molecule has 3 aliphatic rings. The van der Waals surface area contributed by atoms with Crippen LogP contribution in [0, 0.1) is 11.3 Å². The number of hydrogen-bond acceptors (Lipinski definition) is 5. The Labute approximate surface area is 227 Å². The summed E-state index contributed by atoms with van der Waals surface area (Å²) in [6.07, 6.45) is 7.39. The normalized spacial score (nSPS) is 23.7. The number of nitrogens with zero attached hydrogens (tertiary/aromatic N) is 1. The molecule has 1 saturated carbocycles. The number of fused-ring (bicyclic) bond motifs is 1. The van der Waals surface area contributed by atoms with Gasteiger partial charge in [-0.25, -0.2) is 4.79 Å². The van der Waals surface area contributed by atoms with Gasteiger partial charge in [-0.3, -0.25) is 14.4 Å². The van der Waals surface area contributed by atoms with Crippen molar-refractivity contribution in [1.82, 2.24) is 20.5 Å². The Morgan fingerprint density at radius 3 is 2.71 bits per heavy atom. The fourth-order valence-corrected chi connectivity index (χ4v) is 6.76. The molecule has 1 aromatic carbocycles. The van der Waals surface area contributed by atoms with Crippen molar-refractivity contribution in [2.24, 2.45) is 11.3 Å². The van der Waals surface area contributed by atoms with Gasteiger partial charge in [0.2, 0.25) is 11.8 Å². The van der Waals surface area contributed by atoms with Gasteiger partial charge >= 0.3 is 5.97 Å². The zero-order valence-electron chi connectivity index (χ0n) is 21.7. The van der Waals surface area contributed by atoms with E-state index >= 15 is 0 Å². The van der Waals surface area contributed by atoms with E-state index in [1.54, 1.807) is 17.0 Å². The smallest absolute Gasteiger partial charge is 0.328 e. The SMILES string of the molecule is COC(=O)[C@H](C[C@@H]1CCCNC1=O)NC(=O)[C@@H]1CC2(CCCCC2)CN1C(=O)c1cc2cccc(Cl)c2[nH]1. The molecule has 38 heavy (non-hydrogen) atoms. The number of nitrogens with one attached hydrogen (secondary N) is 3. The second kappa shape index (κ2) is 11.0. The first-order chi connectivity index (χ1) is 18.3. The molecule has 1 aromatic heterocycles. The van der Waals surface area contributed by atoms with Gasteiger partial charge in [0.15, 0.2) is 0 Å². The van der Waals surface area contributed by atoms with Crippen molar-refractivity contribution >= 4 is 46.2 Å². The van der Waals surface area contributed by atoms with Gasteiger partial charge in [-0.1, -0.05) is 43.0 Å². The number of carbonyl (C=O) groups excluding carboxylic acids is 4. The molecule has 3 amide bonds. The summed E-state index contributed by atoms with van der Waals surface area (Å²) in [6.45, 7) is 1.10. The van der Waals surface area contributed by atoms with Crippen LogP contribution in [0.1, 0.15) is 68.3 Å². The molecule has 204 valence electrons. The number of halogens is 1. The Hall–Kier alpha value is -3.07. The predicted octanol–water partition coefficient (Wildman–Crippen LogP) is 3.56. The zero-order chi connectivity index (χ0) is 26.9. The minimum atomic E-state index is -0.965. The van der Waals surface area contributed by atoms with Crippen molar-refractivity contribution in [2.75, 3.05) is 20.2 Å². The van der Waals surface area contributed by atoms with Crippen LogP contribution in [0.15, 0.2) is 24.3 Å². The third kappa shape index (κ3) is 5.25. The van der Waals surface area contributed by atoms with Crippen LogP contribution >= 0.6 is 11.6 Å². The fraction of sp³-hybridized carbons (Fsp3) is 0.571. The van der Waals surface area contributed by atoms with Crippen LogP contribution in [-0.4, -0.2) is 65.9 Å². The van der Waals surface area contributed by atoms with Gasteiger partial charge in [-0.05, 0) is 56.1 Å². The van der Waals surface area contributed by atoms with Gasteiger partial charge in [0.25, 0.3) is 5.91 Å². The largest absolute Gasteiger partial charge is 0.467 e. The van der Waals surface area contributed by atoms with Crippen LogP contribution < -0.4 is 10.6 Å². The minimum Gasteiger partial charge on any atom is -0.467 e. The Morgan fingerprint density at radius 2 is 2.00 bits per heavy atom. The molecule has 2 aromatic rings. The van der Waals surface area contributed by atoms with E-state index in [0.29, 0.717) is 42.2 Å². The summed E-state index contributed by atoms with van der Waals surface area (Å²) in [7, 11) is 1.27. The number of H-pyrrole nitrogens is 1. The second-order valence-corrected chi connectivity index (χ2v) is 11.5. The van der Waals surface area contributed by atoms with E-state index in [4.69, 9.17) is 16.3 Å². The molecule has 10 heteroatoms. The maximum atomic E-state index is 13.8. The Kier molecular flexibility index (Phi) is 7.66. The van der Waals surface area contributed by atoms with Crippen LogP contribution in [0.25, 0.3) is 10.9 Å². The molecule has 1 spiro atoms. The standard InChI is InChI=1S/C28H35ClN4O5/c1-38-27(37)21(14-18-8-6-12-30-24(18)34)32-25(35)22-15-28(10-3-2-4-11-28)16-33(22)26(36)20-13-17-7-5-9-19(29)23(17)31-20/h5,7,9,13,18,21-22,31H,2-4,6,8,10-12,14-16H2,1H3,(H,30,34)(H,32,35)/t18-,21-,22-/m0/s1. The maximum absolute atomic E-state index is 13.8. The summed E-state index contributed by atoms with van der Waals surface area (Å²) >= 11 is 6.33. The molecule has 2 saturated heterocycles. The van der Waals surface area contributed by atoms with Crippen LogP contribution in [0.3, 0.4) is 0 Å². The molecule has 9 nitrogen and oxygen atoms in total. The maximum Gasteiger partial charge on any atom is 0.328 e. The molecule has 3 N–H and O–H groups in total. The van der Waals surface area contributed by atoms with Crippen molar-refractivity contribution < 1.29 is 23.9 Å². The van der Waals surface area contributed by atoms with Gasteiger partial charge in [0.1, 0.15) is 17.8 Å². The molecule has 3 heterocycles. The molecule has 3 fully saturated rings. The molecular weight excluding hydrogens is 508 g/mol. The number of esters is 1. The average Bonchev–Trinajstić information content (AvgIpc) is 3.52. The van der Waals surface area contributed by atoms with E-state index in [1.165, 1.54) is 7.11 Å². The number of para-hydroxylation sites is 1. The molecule has 0 unspecified atom stereocenters. The summed E-state index contributed by atoms with van der Waals surface area (Å²) in [6, 6.07) is 5.55. The van der Waals surface area contributed by atoms with Gasteiger partial charge in [-0.15, -0.1) is 0 Å².